The van der Waals surface area contributed by atoms with Crippen molar-refractivity contribution in [3.05, 3.63) is 236 Å². The molecule has 0 spiro atoms. The van der Waals surface area contributed by atoms with E-state index in [1.807, 2.05) is 140 Å². The van der Waals surface area contributed by atoms with Crippen LogP contribution in [0.25, 0.3) is 77.2 Å². The molecule has 10 aromatic rings. The predicted octanol–water partition coefficient (Wildman–Crippen LogP) is 15.8. The molecule has 0 amide bonds. The van der Waals surface area contributed by atoms with E-state index in [0.29, 0.717) is 11.4 Å². The summed E-state index contributed by atoms with van der Waals surface area (Å²) in [6, 6.07) is 36.1. The van der Waals surface area contributed by atoms with Crippen LogP contribution in [0, 0.1) is 0 Å². The zero-order valence-corrected chi connectivity index (χ0v) is 30.3. The summed E-state index contributed by atoms with van der Waals surface area (Å²) in [5.41, 5.74) is 4.22. The first-order valence-electron chi connectivity index (χ1n) is 25.9. The molecule has 0 fully saturated rings. The molecular weight excluding hydrogens is 687 g/mol. The molecule has 0 aromatic heterocycles. The lowest BCUT2D eigenvalue weighted by molar-refractivity contribution is 1.28. The molecule has 268 valence electrons. The summed E-state index contributed by atoms with van der Waals surface area (Å²) >= 11 is 0. The van der Waals surface area contributed by atoms with Gasteiger partial charge < -0.3 is 4.90 Å². The zero-order valence-electron chi connectivity index (χ0n) is 45.3. The fourth-order valence-corrected chi connectivity index (χ4v) is 7.12. The molecule has 1 nitrogen and oxygen atoms in total. The van der Waals surface area contributed by atoms with E-state index in [1.165, 1.54) is 0 Å². The number of rotatable bonds is 8. The summed E-state index contributed by atoms with van der Waals surface area (Å²) in [7, 11) is 0. The maximum atomic E-state index is 9.70. The average molecular weight is 741 g/mol. The van der Waals surface area contributed by atoms with E-state index in [0.717, 1.165) is 44.2 Å². The van der Waals surface area contributed by atoms with E-state index < -0.39 is 124 Å². The van der Waals surface area contributed by atoms with Crippen LogP contribution in [0.5, 0.6) is 0 Å². The lowest BCUT2D eigenvalue weighted by Crippen LogP contribution is -2.10. The maximum Gasteiger partial charge on any atom is 0.0645 e. The second-order valence-corrected chi connectivity index (χ2v) is 13.4. The number of fused-ring (bicyclic) bond motifs is 2. The number of hydrogen-bond donors (Lipinski definition) is 0. The first-order chi connectivity index (χ1) is 34.5. The van der Waals surface area contributed by atoms with Crippen molar-refractivity contribution in [1.82, 2.24) is 0 Å². The summed E-state index contributed by atoms with van der Waals surface area (Å²) in [5, 5.41) is 1.03. The molecule has 0 N–H and O–H groups in total. The molecule has 0 saturated heterocycles. The summed E-state index contributed by atoms with van der Waals surface area (Å²) < 4.78 is 135. The van der Waals surface area contributed by atoms with Gasteiger partial charge in [0.15, 0.2) is 0 Å². The first kappa shape index (κ1) is 21.6. The third-order valence-electron chi connectivity index (χ3n) is 9.93. The van der Waals surface area contributed by atoms with E-state index in [1.54, 1.807) is 11.0 Å². The van der Waals surface area contributed by atoms with Crippen molar-refractivity contribution in [2.24, 2.45) is 0 Å². The van der Waals surface area contributed by atoms with E-state index in [4.69, 9.17) is 12.3 Å². The zero-order chi connectivity index (χ0) is 51.0. The van der Waals surface area contributed by atoms with Gasteiger partial charge in [-0.15, -0.1) is 0 Å². The lowest BCUT2D eigenvalue weighted by atomic mass is 9.94. The Balaban J connectivity index is 1.19. The quantitative estimate of drug-likeness (QED) is 0.150. The smallest absolute Gasteiger partial charge is 0.0645 e. The predicted molar refractivity (Wildman–Crippen MR) is 243 cm³/mol. The van der Waals surface area contributed by atoms with E-state index in [2.05, 4.69) is 0 Å². The van der Waals surface area contributed by atoms with Crippen molar-refractivity contribution < 1.29 is 20.6 Å². The minimum Gasteiger partial charge on any atom is -0.310 e. The number of nitrogens with zero attached hydrogens (tertiary/aromatic N) is 1. The van der Waals surface area contributed by atoms with Crippen LogP contribution in [0.2, 0.25) is 0 Å². The second kappa shape index (κ2) is 15.0. The standard InChI is InChI=1S/C56H39N/c1-3-12-40(13-4-1)41-24-26-42(27-25-41)43-30-34-50(35-31-43)57(52-20-9-19-49(38-52)55-23-10-17-46-16-7-8-21-53(46)55)51-36-32-44(33-37-51)48-29-28-47-18-11-22-54(56(47)39-48)45-14-5-2-6-15-45/h1-39H/i2D,5D,6D,11D,14D,15D,18D,22D,28D,29D,32D,33D,36D,37D,39D. The maximum absolute atomic E-state index is 9.70. The van der Waals surface area contributed by atoms with Gasteiger partial charge in [-0.1, -0.05) is 194 Å². The van der Waals surface area contributed by atoms with Crippen molar-refractivity contribution in [1.29, 1.82) is 0 Å². The number of hydrogen-bond acceptors (Lipinski definition) is 1. The van der Waals surface area contributed by atoms with Crippen molar-refractivity contribution in [2.45, 2.75) is 0 Å². The van der Waals surface area contributed by atoms with Crippen LogP contribution in [-0.4, -0.2) is 0 Å². The van der Waals surface area contributed by atoms with Crippen molar-refractivity contribution in [3.63, 3.8) is 0 Å². The third-order valence-corrected chi connectivity index (χ3v) is 9.93. The molecule has 0 saturated carbocycles. The molecule has 57 heavy (non-hydrogen) atoms. The van der Waals surface area contributed by atoms with Gasteiger partial charge in [0.2, 0.25) is 0 Å². The molecule has 0 aliphatic carbocycles. The Labute approximate surface area is 355 Å². The molecule has 0 aliphatic heterocycles. The Bertz CT molecular complexity index is 3800. The van der Waals surface area contributed by atoms with Crippen LogP contribution in [-0.2, 0) is 0 Å². The molecule has 10 aromatic carbocycles. The Kier molecular flexibility index (Phi) is 5.67. The van der Waals surface area contributed by atoms with Gasteiger partial charge in [0.05, 0.1) is 20.6 Å². The molecule has 1 heteroatoms. The van der Waals surface area contributed by atoms with Crippen LogP contribution in [0.1, 0.15) is 20.6 Å². The molecule has 0 atom stereocenters. The van der Waals surface area contributed by atoms with Gasteiger partial charge in [-0.3, -0.25) is 0 Å². The summed E-state index contributed by atoms with van der Waals surface area (Å²) in [6.45, 7) is 0. The SMILES string of the molecule is [2H]c1c([2H])c([2H])c(-c2c([2H])c([2H])c([2H])c3c([2H])c([2H])c(-c4c([2H])c([2H])c(N(c5ccc(-c6ccc(-c7ccccc7)cc6)cc5)c5cccc(-c6cccc7ccccc67)c5)c([2H])c4[2H])c([2H])c23)c([2H])c1[2H]. The number of anilines is 3. The first-order valence-corrected chi connectivity index (χ1v) is 18.4. The van der Waals surface area contributed by atoms with Crippen LogP contribution in [0.4, 0.5) is 17.1 Å². The highest BCUT2D eigenvalue weighted by Crippen LogP contribution is 2.40. The molecule has 0 aliphatic rings. The Morgan fingerprint density at radius 3 is 1.70 bits per heavy atom. The average Bonchev–Trinajstić information content (AvgIpc) is 3.40. The summed E-state index contributed by atoms with van der Waals surface area (Å²) in [6.07, 6.45) is 0. The van der Waals surface area contributed by atoms with Gasteiger partial charge in [-0.25, -0.2) is 0 Å². The Hall–Kier alpha value is -7.48. The fourth-order valence-electron chi connectivity index (χ4n) is 7.12. The largest absolute Gasteiger partial charge is 0.310 e. The van der Waals surface area contributed by atoms with E-state index in [-0.39, 0.29) is 5.69 Å². The van der Waals surface area contributed by atoms with E-state index in [9.17, 15) is 8.22 Å². The van der Waals surface area contributed by atoms with Gasteiger partial charge in [-0.2, -0.15) is 0 Å². The molecular formula is C56H39N. The minimum absolute atomic E-state index is 0.172. The minimum atomic E-state index is -0.783. The highest BCUT2D eigenvalue weighted by Gasteiger charge is 2.16. The van der Waals surface area contributed by atoms with Crippen LogP contribution in [0.3, 0.4) is 0 Å². The van der Waals surface area contributed by atoms with Crippen molar-refractivity contribution in [3.8, 4) is 55.6 Å². The van der Waals surface area contributed by atoms with Gasteiger partial charge in [0.25, 0.3) is 0 Å². The van der Waals surface area contributed by atoms with Gasteiger partial charge in [0, 0.05) is 17.1 Å². The van der Waals surface area contributed by atoms with Crippen molar-refractivity contribution >= 4 is 38.6 Å². The Morgan fingerprint density at radius 2 is 0.930 bits per heavy atom. The molecule has 10 rings (SSSR count). The van der Waals surface area contributed by atoms with Crippen LogP contribution < -0.4 is 4.90 Å². The normalized spacial score (nSPS) is 14.8. The molecule has 0 bridgehead atoms. The Morgan fingerprint density at radius 1 is 0.298 bits per heavy atom. The van der Waals surface area contributed by atoms with Gasteiger partial charge >= 0.3 is 0 Å². The topological polar surface area (TPSA) is 3.24 Å². The summed E-state index contributed by atoms with van der Waals surface area (Å²) in [4.78, 5) is 1.62. The molecule has 0 unspecified atom stereocenters. The summed E-state index contributed by atoms with van der Waals surface area (Å²) in [5.74, 6) is 0. The van der Waals surface area contributed by atoms with Crippen LogP contribution >= 0.6 is 0 Å². The van der Waals surface area contributed by atoms with Crippen molar-refractivity contribution in [2.75, 3.05) is 4.90 Å². The number of benzene rings is 10. The molecule has 0 heterocycles. The molecule has 0 radical (unpaired) electrons. The monoisotopic (exact) mass is 740 g/mol. The lowest BCUT2D eigenvalue weighted by Gasteiger charge is -2.26. The van der Waals surface area contributed by atoms with Crippen LogP contribution in [0.15, 0.2) is 236 Å². The second-order valence-electron chi connectivity index (χ2n) is 13.4. The van der Waals surface area contributed by atoms with Gasteiger partial charge in [-0.05, 0) is 120 Å². The highest BCUT2D eigenvalue weighted by molar-refractivity contribution is 6.00. The highest BCUT2D eigenvalue weighted by atomic mass is 15.1. The fraction of sp³-hybridized carbons (Fsp3) is 0. The van der Waals surface area contributed by atoms with Gasteiger partial charge in [0.1, 0.15) is 0 Å². The third kappa shape index (κ3) is 6.77. The van der Waals surface area contributed by atoms with E-state index >= 15 is 0 Å².